The first-order valence-corrected chi connectivity index (χ1v) is 9.31. The van der Waals surface area contributed by atoms with Crippen molar-refractivity contribution in [1.82, 2.24) is 14.7 Å². The normalized spacial score (nSPS) is 12.0. The molecule has 5 nitrogen and oxygen atoms in total. The minimum atomic E-state index is 0.0310. The van der Waals surface area contributed by atoms with Gasteiger partial charge in [0.1, 0.15) is 5.75 Å². The highest BCUT2D eigenvalue weighted by molar-refractivity contribution is 5.73. The van der Waals surface area contributed by atoms with Crippen LogP contribution in [-0.2, 0) is 12.8 Å². The molecule has 2 amide bonds. The summed E-state index contributed by atoms with van der Waals surface area (Å²) in [5, 5.41) is 9.44. The number of phenolic OH excluding ortho intramolecular Hbond substituents is 1. The quantitative estimate of drug-likeness (QED) is 0.778. The average molecular weight is 370 g/mol. The van der Waals surface area contributed by atoms with Crippen LogP contribution in [0.2, 0.25) is 0 Å². The molecule has 0 aliphatic rings. The van der Waals surface area contributed by atoms with Gasteiger partial charge in [-0.25, -0.2) is 4.79 Å². The molecule has 0 aliphatic carbocycles. The van der Waals surface area contributed by atoms with E-state index >= 15 is 0 Å². The first-order valence-electron chi connectivity index (χ1n) is 9.31. The lowest BCUT2D eigenvalue weighted by Crippen LogP contribution is -2.47. The van der Waals surface area contributed by atoms with Crippen LogP contribution in [0.3, 0.4) is 0 Å². The predicted molar refractivity (Wildman–Crippen MR) is 110 cm³/mol. The van der Waals surface area contributed by atoms with Gasteiger partial charge in [-0.2, -0.15) is 0 Å². The number of aromatic hydroxyl groups is 1. The van der Waals surface area contributed by atoms with Crippen molar-refractivity contribution < 1.29 is 9.90 Å². The van der Waals surface area contributed by atoms with E-state index in [1.807, 2.05) is 58.5 Å². The minimum Gasteiger partial charge on any atom is -0.508 e. The van der Waals surface area contributed by atoms with Crippen molar-refractivity contribution >= 4 is 6.03 Å². The Kier molecular flexibility index (Phi) is 7.67. The van der Waals surface area contributed by atoms with Crippen molar-refractivity contribution in [2.75, 3.05) is 41.3 Å². The molecule has 0 aliphatic heterocycles. The summed E-state index contributed by atoms with van der Waals surface area (Å²) >= 11 is 0. The molecule has 146 valence electrons. The van der Waals surface area contributed by atoms with Gasteiger partial charge in [0.2, 0.25) is 0 Å². The fourth-order valence-corrected chi connectivity index (χ4v) is 3.04. The zero-order valence-corrected chi connectivity index (χ0v) is 16.8. The van der Waals surface area contributed by atoms with Crippen LogP contribution in [0.5, 0.6) is 5.75 Å². The molecule has 5 heteroatoms. The van der Waals surface area contributed by atoms with Crippen molar-refractivity contribution in [3.63, 3.8) is 0 Å². The zero-order chi connectivity index (χ0) is 19.8. The SMILES string of the molecule is CN(CCc1ccccc1)C(=O)N(C)CC(Cc1ccc(O)cc1)N(C)C. The van der Waals surface area contributed by atoms with E-state index in [1.54, 1.807) is 21.9 Å². The van der Waals surface area contributed by atoms with E-state index in [4.69, 9.17) is 0 Å². The molecule has 1 unspecified atom stereocenters. The van der Waals surface area contributed by atoms with Crippen molar-refractivity contribution in [3.8, 4) is 5.75 Å². The van der Waals surface area contributed by atoms with Gasteiger partial charge in [0.15, 0.2) is 0 Å². The fraction of sp³-hybridized carbons (Fsp3) is 0.409. The van der Waals surface area contributed by atoms with Crippen LogP contribution in [-0.4, -0.2) is 73.2 Å². The number of carbonyl (C=O) groups is 1. The summed E-state index contributed by atoms with van der Waals surface area (Å²) in [5.41, 5.74) is 2.38. The summed E-state index contributed by atoms with van der Waals surface area (Å²) in [5.74, 6) is 0.271. The van der Waals surface area contributed by atoms with Crippen molar-refractivity contribution in [1.29, 1.82) is 0 Å². The summed E-state index contributed by atoms with van der Waals surface area (Å²) in [4.78, 5) is 18.4. The molecule has 0 saturated carbocycles. The zero-order valence-electron chi connectivity index (χ0n) is 16.8. The molecule has 0 radical (unpaired) electrons. The number of amides is 2. The number of benzene rings is 2. The molecule has 0 spiro atoms. The fourth-order valence-electron chi connectivity index (χ4n) is 3.04. The summed E-state index contributed by atoms with van der Waals surface area (Å²) in [6, 6.07) is 17.7. The highest BCUT2D eigenvalue weighted by Gasteiger charge is 2.20. The standard InChI is InChI=1S/C22H31N3O2/c1-23(2)20(16-19-10-12-21(26)13-11-19)17-25(4)22(27)24(3)15-14-18-8-6-5-7-9-18/h5-13,20,26H,14-17H2,1-4H3. The molecule has 1 atom stereocenters. The van der Waals surface area contributed by atoms with Crippen LogP contribution in [0.25, 0.3) is 0 Å². The predicted octanol–water partition coefficient (Wildman–Crippen LogP) is 3.09. The van der Waals surface area contributed by atoms with Gasteiger partial charge in [-0.15, -0.1) is 0 Å². The topological polar surface area (TPSA) is 47.0 Å². The Labute approximate surface area is 162 Å². The smallest absolute Gasteiger partial charge is 0.319 e. The van der Waals surface area contributed by atoms with Crippen molar-refractivity contribution in [2.24, 2.45) is 0 Å². The lowest BCUT2D eigenvalue weighted by atomic mass is 10.0. The molecule has 2 aromatic rings. The lowest BCUT2D eigenvalue weighted by Gasteiger charge is -2.31. The Bertz CT molecular complexity index is 701. The third kappa shape index (κ3) is 6.61. The second-order valence-electron chi connectivity index (χ2n) is 7.31. The van der Waals surface area contributed by atoms with Crippen LogP contribution >= 0.6 is 0 Å². The third-order valence-corrected chi connectivity index (χ3v) is 4.85. The first kappa shape index (κ1) is 20.8. The van der Waals surface area contributed by atoms with Gasteiger partial charge >= 0.3 is 6.03 Å². The largest absolute Gasteiger partial charge is 0.508 e. The van der Waals surface area contributed by atoms with Crippen LogP contribution in [0, 0.1) is 0 Å². The van der Waals surface area contributed by atoms with Gasteiger partial charge in [-0.3, -0.25) is 0 Å². The van der Waals surface area contributed by atoms with Gasteiger partial charge in [0.25, 0.3) is 0 Å². The summed E-state index contributed by atoms with van der Waals surface area (Å²) < 4.78 is 0. The Morgan fingerprint density at radius 3 is 2.11 bits per heavy atom. The Morgan fingerprint density at radius 1 is 0.889 bits per heavy atom. The number of phenols is 1. The minimum absolute atomic E-state index is 0.0310. The van der Waals surface area contributed by atoms with Gasteiger partial charge in [-0.1, -0.05) is 42.5 Å². The van der Waals surface area contributed by atoms with Crippen molar-refractivity contribution in [2.45, 2.75) is 18.9 Å². The average Bonchev–Trinajstić information content (AvgIpc) is 2.67. The van der Waals surface area contributed by atoms with E-state index in [9.17, 15) is 9.90 Å². The van der Waals surface area contributed by atoms with Gasteiger partial charge in [0.05, 0.1) is 0 Å². The maximum Gasteiger partial charge on any atom is 0.319 e. The molecule has 1 N–H and O–H groups in total. The second kappa shape index (κ2) is 9.97. The summed E-state index contributed by atoms with van der Waals surface area (Å²) in [6.07, 6.45) is 1.67. The number of urea groups is 1. The van der Waals surface area contributed by atoms with Crippen LogP contribution in [0.1, 0.15) is 11.1 Å². The molecular weight excluding hydrogens is 338 g/mol. The molecule has 0 aromatic heterocycles. The van der Waals surface area contributed by atoms with Gasteiger partial charge < -0.3 is 19.8 Å². The molecular formula is C22H31N3O2. The van der Waals surface area contributed by atoms with Crippen LogP contribution in [0.4, 0.5) is 4.79 Å². The van der Waals surface area contributed by atoms with Crippen LogP contribution in [0.15, 0.2) is 54.6 Å². The van der Waals surface area contributed by atoms with E-state index in [1.165, 1.54) is 5.56 Å². The molecule has 0 saturated heterocycles. The van der Waals surface area contributed by atoms with Crippen LogP contribution < -0.4 is 0 Å². The monoisotopic (exact) mass is 369 g/mol. The summed E-state index contributed by atoms with van der Waals surface area (Å²) in [7, 11) is 7.77. The summed E-state index contributed by atoms with van der Waals surface area (Å²) in [6.45, 7) is 1.33. The number of likely N-dealkylation sites (N-methyl/N-ethyl adjacent to an activating group) is 3. The molecule has 2 rings (SSSR count). The van der Waals surface area contributed by atoms with Gasteiger partial charge in [-0.05, 0) is 50.2 Å². The van der Waals surface area contributed by atoms with E-state index in [2.05, 4.69) is 17.0 Å². The molecule has 0 heterocycles. The number of rotatable bonds is 8. The first-order chi connectivity index (χ1) is 12.9. The number of hydrogen-bond acceptors (Lipinski definition) is 3. The molecule has 27 heavy (non-hydrogen) atoms. The Morgan fingerprint density at radius 2 is 1.52 bits per heavy atom. The lowest BCUT2D eigenvalue weighted by molar-refractivity contribution is 0.155. The maximum atomic E-state index is 12.7. The van der Waals surface area contributed by atoms with Gasteiger partial charge in [0, 0.05) is 33.2 Å². The Hall–Kier alpha value is -2.53. The molecule has 2 aromatic carbocycles. The number of carbonyl (C=O) groups excluding carboxylic acids is 1. The van der Waals surface area contributed by atoms with Crippen molar-refractivity contribution in [3.05, 3.63) is 65.7 Å². The number of nitrogens with zero attached hydrogens (tertiary/aromatic N) is 3. The number of hydrogen-bond donors (Lipinski definition) is 1. The third-order valence-electron chi connectivity index (χ3n) is 4.85. The van der Waals surface area contributed by atoms with E-state index in [0.717, 1.165) is 18.4 Å². The molecule has 0 bridgehead atoms. The van der Waals surface area contributed by atoms with E-state index < -0.39 is 0 Å². The van der Waals surface area contributed by atoms with E-state index in [0.29, 0.717) is 13.1 Å². The maximum absolute atomic E-state index is 12.7. The highest BCUT2D eigenvalue weighted by atomic mass is 16.3. The Balaban J connectivity index is 1.90. The van der Waals surface area contributed by atoms with E-state index in [-0.39, 0.29) is 17.8 Å². The molecule has 0 fully saturated rings. The highest BCUT2D eigenvalue weighted by Crippen LogP contribution is 2.14. The second-order valence-corrected chi connectivity index (χ2v) is 7.31.